The maximum Gasteiger partial charge on any atom is 0.303 e. The lowest BCUT2D eigenvalue weighted by Crippen LogP contribution is -2.41. The second kappa shape index (κ2) is 15.1. The molecule has 1 fully saturated rings. The Morgan fingerprint density at radius 2 is 1.65 bits per heavy atom. The van der Waals surface area contributed by atoms with Crippen LogP contribution in [0, 0.1) is 5.92 Å². The summed E-state index contributed by atoms with van der Waals surface area (Å²) in [5.41, 5.74) is 1.43. The molecule has 1 aliphatic rings. The average Bonchev–Trinajstić information content (AvgIpc) is 2.90. The van der Waals surface area contributed by atoms with E-state index in [1.807, 2.05) is 24.3 Å². The Morgan fingerprint density at radius 3 is 2.20 bits per heavy atom. The van der Waals surface area contributed by atoms with Crippen LogP contribution in [-0.2, 0) is 24.5 Å². The largest absolute Gasteiger partial charge is 0.493 e. The van der Waals surface area contributed by atoms with Gasteiger partial charge >= 0.3 is 11.9 Å². The molecule has 8 nitrogen and oxygen atoms in total. The number of ether oxygens (including phenoxy) is 4. The zero-order valence-corrected chi connectivity index (χ0v) is 25.2. The summed E-state index contributed by atoms with van der Waals surface area (Å²) in [5.74, 6) is -0.386. The van der Waals surface area contributed by atoms with Gasteiger partial charge in [0.1, 0.15) is 18.5 Å². The van der Waals surface area contributed by atoms with Crippen LogP contribution in [0.1, 0.15) is 38.3 Å². The number of hydrogen-bond donors (Lipinski definition) is 1. The van der Waals surface area contributed by atoms with E-state index < -0.39 is 23.5 Å². The van der Waals surface area contributed by atoms with Crippen molar-refractivity contribution in [2.45, 2.75) is 38.7 Å². The molecule has 1 heterocycles. The third kappa shape index (κ3) is 9.42. The number of aliphatic carboxylic acids is 1. The third-order valence-electron chi connectivity index (χ3n) is 6.78. The Labute approximate surface area is 250 Å². The molecule has 0 amide bonds. The van der Waals surface area contributed by atoms with E-state index in [4.69, 9.17) is 53.8 Å². The van der Waals surface area contributed by atoms with Crippen LogP contribution in [0.4, 0.5) is 0 Å². The smallest absolute Gasteiger partial charge is 0.303 e. The lowest BCUT2D eigenvalue weighted by atomic mass is 9.78. The van der Waals surface area contributed by atoms with Crippen LogP contribution in [0.25, 0.3) is 0 Å². The highest BCUT2D eigenvalue weighted by Crippen LogP contribution is 2.41. The summed E-state index contributed by atoms with van der Waals surface area (Å²) in [7, 11) is 0. The summed E-state index contributed by atoms with van der Waals surface area (Å²) in [5, 5.41) is 10.0. The highest BCUT2D eigenvalue weighted by Gasteiger charge is 2.26. The number of halogens is 3. The lowest BCUT2D eigenvalue weighted by Gasteiger charge is -2.30. The first-order valence-corrected chi connectivity index (χ1v) is 14.4. The Hall–Kier alpha value is -2.23. The lowest BCUT2D eigenvalue weighted by molar-refractivity contribution is -0.146. The van der Waals surface area contributed by atoms with Crippen molar-refractivity contribution in [3.05, 3.63) is 57.6 Å². The summed E-state index contributed by atoms with van der Waals surface area (Å²) < 4.78 is 22.2. The maximum atomic E-state index is 11.4. The minimum atomic E-state index is -0.837. The van der Waals surface area contributed by atoms with Crippen LogP contribution in [0.2, 0.25) is 10.0 Å². The fourth-order valence-corrected chi connectivity index (χ4v) is 5.25. The van der Waals surface area contributed by atoms with Gasteiger partial charge in [-0.25, -0.2) is 0 Å². The van der Waals surface area contributed by atoms with Crippen LogP contribution in [-0.4, -0.2) is 80.0 Å². The van der Waals surface area contributed by atoms with Crippen molar-refractivity contribution in [3.8, 4) is 11.5 Å². The van der Waals surface area contributed by atoms with E-state index in [1.54, 1.807) is 12.1 Å². The zero-order chi connectivity index (χ0) is 29.3. The van der Waals surface area contributed by atoms with Gasteiger partial charge in [0.25, 0.3) is 0 Å². The van der Waals surface area contributed by atoms with Gasteiger partial charge in [0.2, 0.25) is 0 Å². The number of carboxylic acids is 1. The van der Waals surface area contributed by atoms with Gasteiger partial charge in [0, 0.05) is 37.9 Å². The molecule has 0 saturated carbocycles. The molecule has 0 radical (unpaired) electrons. The van der Waals surface area contributed by atoms with Crippen molar-refractivity contribution in [1.29, 1.82) is 0 Å². The van der Waals surface area contributed by atoms with Gasteiger partial charge in [-0.15, -0.1) is 11.6 Å². The number of benzene rings is 2. The highest BCUT2D eigenvalue weighted by atomic mass is 35.5. The molecule has 2 atom stereocenters. The predicted octanol–water partition coefficient (Wildman–Crippen LogP) is 5.67. The molecule has 1 saturated heterocycles. The van der Waals surface area contributed by atoms with E-state index in [0.29, 0.717) is 47.9 Å². The van der Waals surface area contributed by atoms with Crippen molar-refractivity contribution in [2.75, 3.05) is 51.9 Å². The number of hydrogen-bond acceptors (Lipinski definition) is 7. The number of carbonyl (C=O) groups excluding carboxylic acids is 1. The second-order valence-electron chi connectivity index (χ2n) is 10.3. The van der Waals surface area contributed by atoms with Crippen LogP contribution in [0.3, 0.4) is 0 Å². The maximum absolute atomic E-state index is 11.4. The molecule has 0 spiro atoms. The number of carbonyl (C=O) groups is 2. The Bertz CT molecular complexity index is 1110. The molecule has 11 heteroatoms. The Balaban J connectivity index is 1.66. The molecular weight excluding hydrogens is 581 g/mol. The number of alkyl halides is 1. The topological polar surface area (TPSA) is 94.5 Å². The fraction of sp³-hybridized carbons (Fsp3) is 0.517. The van der Waals surface area contributed by atoms with Crippen molar-refractivity contribution in [1.82, 2.24) is 4.90 Å². The Kier molecular flexibility index (Phi) is 12.2. The van der Waals surface area contributed by atoms with Crippen molar-refractivity contribution in [2.24, 2.45) is 5.92 Å². The summed E-state index contributed by atoms with van der Waals surface area (Å²) >= 11 is 18.9. The third-order valence-corrected chi connectivity index (χ3v) is 7.69. The summed E-state index contributed by atoms with van der Waals surface area (Å²) in [6, 6.07) is 11.3. The van der Waals surface area contributed by atoms with E-state index in [0.717, 1.165) is 24.2 Å². The number of morpholine rings is 1. The van der Waals surface area contributed by atoms with Crippen LogP contribution in [0.15, 0.2) is 36.4 Å². The number of esters is 1. The van der Waals surface area contributed by atoms with Crippen molar-refractivity contribution >= 4 is 46.7 Å². The predicted molar refractivity (Wildman–Crippen MR) is 155 cm³/mol. The average molecular weight is 617 g/mol. The standard InChI is InChI=1S/C29H36Cl3NO7/c1-19(34)40-24(15-30)18-39-28-25(31)13-22(14-26(28)32)29(2,3)21-4-6-23(7-5-21)38-17-20(12-27(35)36)16-33-8-10-37-11-9-33/h4-7,13-14,20,24H,8-12,15-18H2,1-3H3,(H,35,36)/t20-,24-/m1/s1. The van der Waals surface area contributed by atoms with Gasteiger partial charge in [-0.1, -0.05) is 49.2 Å². The van der Waals surface area contributed by atoms with Crippen LogP contribution in [0.5, 0.6) is 11.5 Å². The molecule has 0 unspecified atom stereocenters. The molecule has 2 aromatic carbocycles. The van der Waals surface area contributed by atoms with Gasteiger partial charge in [0.15, 0.2) is 5.75 Å². The first-order chi connectivity index (χ1) is 19.0. The summed E-state index contributed by atoms with van der Waals surface area (Å²) in [6.07, 6.45) is -0.582. The molecule has 3 rings (SSSR count). The molecule has 1 N–H and O–H groups in total. The molecule has 1 aliphatic heterocycles. The quantitative estimate of drug-likeness (QED) is 0.214. The summed E-state index contributed by atoms with van der Waals surface area (Å²) in [4.78, 5) is 24.8. The molecule has 2 aromatic rings. The minimum Gasteiger partial charge on any atom is -0.493 e. The molecule has 0 aliphatic carbocycles. The molecule has 220 valence electrons. The molecule has 0 bridgehead atoms. The first kappa shape index (κ1) is 32.3. The van der Waals surface area contributed by atoms with E-state index in [1.165, 1.54) is 6.92 Å². The van der Waals surface area contributed by atoms with Crippen LogP contribution < -0.4 is 9.47 Å². The fourth-order valence-electron chi connectivity index (χ4n) is 4.50. The highest BCUT2D eigenvalue weighted by molar-refractivity contribution is 6.37. The van der Waals surface area contributed by atoms with E-state index in [9.17, 15) is 14.7 Å². The SMILES string of the molecule is CC(=O)O[C@H](CCl)COc1c(Cl)cc(C(C)(C)c2ccc(OC[C@H](CC(=O)O)CN3CCOCC3)cc2)cc1Cl. The normalized spacial score (nSPS) is 15.8. The van der Waals surface area contributed by atoms with Crippen molar-refractivity contribution in [3.63, 3.8) is 0 Å². The van der Waals surface area contributed by atoms with E-state index in [-0.39, 0.29) is 24.8 Å². The van der Waals surface area contributed by atoms with Gasteiger partial charge in [-0.05, 0) is 35.4 Å². The van der Waals surface area contributed by atoms with Crippen molar-refractivity contribution < 1.29 is 33.6 Å². The van der Waals surface area contributed by atoms with Gasteiger partial charge in [-0.3, -0.25) is 14.5 Å². The molecule has 40 heavy (non-hydrogen) atoms. The second-order valence-corrected chi connectivity index (χ2v) is 11.4. The summed E-state index contributed by atoms with van der Waals surface area (Å²) in [6.45, 7) is 9.31. The van der Waals surface area contributed by atoms with Gasteiger partial charge < -0.3 is 24.1 Å². The van der Waals surface area contributed by atoms with Gasteiger partial charge in [-0.2, -0.15) is 0 Å². The van der Waals surface area contributed by atoms with Crippen LogP contribution >= 0.6 is 34.8 Å². The Morgan fingerprint density at radius 1 is 1.02 bits per heavy atom. The number of rotatable bonds is 14. The van der Waals surface area contributed by atoms with E-state index >= 15 is 0 Å². The minimum absolute atomic E-state index is 0.0203. The molecule has 0 aromatic heterocycles. The van der Waals surface area contributed by atoms with E-state index in [2.05, 4.69) is 18.7 Å². The first-order valence-electron chi connectivity index (χ1n) is 13.1. The number of carboxylic acid groups (broad SMARTS) is 1. The molecular formula is C29H36Cl3NO7. The number of nitrogens with zero attached hydrogens (tertiary/aromatic N) is 1. The zero-order valence-electron chi connectivity index (χ0n) is 23.0. The monoisotopic (exact) mass is 615 g/mol. The van der Waals surface area contributed by atoms with Gasteiger partial charge in [0.05, 0.1) is 42.2 Å².